The van der Waals surface area contributed by atoms with Gasteiger partial charge in [0, 0.05) is 18.1 Å². The summed E-state index contributed by atoms with van der Waals surface area (Å²) < 4.78 is 11.5. The Balaban J connectivity index is 2.61. The lowest BCUT2D eigenvalue weighted by atomic mass is 10.2. The summed E-state index contributed by atoms with van der Waals surface area (Å²) in [5.74, 6) is 0.875. The Labute approximate surface area is 98.9 Å². The fourth-order valence-electron chi connectivity index (χ4n) is 1.21. The lowest BCUT2D eigenvalue weighted by molar-refractivity contribution is 0.146. The Morgan fingerprint density at radius 1 is 1.33 bits per heavy atom. The molecule has 1 rings (SSSR count). The first-order valence-corrected chi connectivity index (χ1v) is 5.62. The summed E-state index contributed by atoms with van der Waals surface area (Å²) in [6.07, 6.45) is 0. The SMILES string of the molecule is CNCc1cc(OCCOC)ccc1Br. The molecule has 84 valence electrons. The van der Waals surface area contributed by atoms with Gasteiger partial charge in [-0.2, -0.15) is 0 Å². The largest absolute Gasteiger partial charge is 0.491 e. The Bertz CT molecular complexity index is 305. The van der Waals surface area contributed by atoms with Crippen LogP contribution >= 0.6 is 15.9 Å². The van der Waals surface area contributed by atoms with Crippen molar-refractivity contribution in [1.29, 1.82) is 0 Å². The summed E-state index contributed by atoms with van der Waals surface area (Å²) in [6, 6.07) is 5.96. The van der Waals surface area contributed by atoms with Crippen LogP contribution in [0.2, 0.25) is 0 Å². The van der Waals surface area contributed by atoms with E-state index in [1.54, 1.807) is 7.11 Å². The first-order chi connectivity index (χ1) is 7.27. The maximum Gasteiger partial charge on any atom is 0.119 e. The monoisotopic (exact) mass is 273 g/mol. The highest BCUT2D eigenvalue weighted by Crippen LogP contribution is 2.22. The minimum Gasteiger partial charge on any atom is -0.491 e. The van der Waals surface area contributed by atoms with E-state index in [1.807, 2.05) is 25.2 Å². The van der Waals surface area contributed by atoms with E-state index in [0.29, 0.717) is 13.2 Å². The first-order valence-electron chi connectivity index (χ1n) is 4.82. The third-order valence-electron chi connectivity index (χ3n) is 1.94. The van der Waals surface area contributed by atoms with E-state index in [0.717, 1.165) is 16.8 Å². The van der Waals surface area contributed by atoms with Gasteiger partial charge in [0.1, 0.15) is 12.4 Å². The zero-order valence-electron chi connectivity index (χ0n) is 9.05. The Kier molecular flexibility index (Phi) is 5.68. The highest BCUT2D eigenvalue weighted by Gasteiger charge is 2.01. The van der Waals surface area contributed by atoms with Gasteiger partial charge in [-0.05, 0) is 30.8 Å². The van der Waals surface area contributed by atoms with Crippen LogP contribution < -0.4 is 10.1 Å². The van der Waals surface area contributed by atoms with Crippen LogP contribution in [0, 0.1) is 0 Å². The third kappa shape index (κ3) is 4.20. The number of hydrogen-bond acceptors (Lipinski definition) is 3. The fourth-order valence-corrected chi connectivity index (χ4v) is 1.60. The number of hydrogen-bond donors (Lipinski definition) is 1. The van der Waals surface area contributed by atoms with Gasteiger partial charge in [0.15, 0.2) is 0 Å². The van der Waals surface area contributed by atoms with Crippen molar-refractivity contribution in [3.8, 4) is 5.75 Å². The summed E-state index contributed by atoms with van der Waals surface area (Å²) >= 11 is 3.49. The molecule has 0 saturated heterocycles. The highest BCUT2D eigenvalue weighted by atomic mass is 79.9. The van der Waals surface area contributed by atoms with Crippen LogP contribution in [0.3, 0.4) is 0 Å². The molecule has 0 spiro atoms. The molecule has 0 aromatic heterocycles. The van der Waals surface area contributed by atoms with Crippen LogP contribution in [-0.4, -0.2) is 27.4 Å². The highest BCUT2D eigenvalue weighted by molar-refractivity contribution is 9.10. The van der Waals surface area contributed by atoms with Gasteiger partial charge in [-0.1, -0.05) is 15.9 Å². The average molecular weight is 274 g/mol. The Morgan fingerprint density at radius 2 is 2.13 bits per heavy atom. The van der Waals surface area contributed by atoms with E-state index in [1.165, 1.54) is 5.56 Å². The third-order valence-corrected chi connectivity index (χ3v) is 2.71. The van der Waals surface area contributed by atoms with Crippen LogP contribution in [0.25, 0.3) is 0 Å². The van der Waals surface area contributed by atoms with E-state index in [2.05, 4.69) is 21.2 Å². The smallest absolute Gasteiger partial charge is 0.119 e. The molecule has 3 nitrogen and oxygen atoms in total. The van der Waals surface area contributed by atoms with Gasteiger partial charge in [0.05, 0.1) is 6.61 Å². The van der Waals surface area contributed by atoms with E-state index < -0.39 is 0 Å². The van der Waals surface area contributed by atoms with Gasteiger partial charge in [0.2, 0.25) is 0 Å². The minimum atomic E-state index is 0.580. The molecule has 1 N–H and O–H groups in total. The van der Waals surface area contributed by atoms with Crippen LogP contribution in [0.15, 0.2) is 22.7 Å². The predicted molar refractivity (Wildman–Crippen MR) is 64.3 cm³/mol. The zero-order valence-corrected chi connectivity index (χ0v) is 10.6. The molecule has 0 radical (unpaired) electrons. The molecule has 0 saturated carbocycles. The molecule has 0 unspecified atom stereocenters. The molecule has 0 heterocycles. The van der Waals surface area contributed by atoms with Crippen LogP contribution in [0.5, 0.6) is 5.75 Å². The summed E-state index contributed by atoms with van der Waals surface area (Å²) in [5.41, 5.74) is 1.19. The van der Waals surface area contributed by atoms with E-state index in [-0.39, 0.29) is 0 Å². The van der Waals surface area contributed by atoms with Gasteiger partial charge >= 0.3 is 0 Å². The lowest BCUT2D eigenvalue weighted by Gasteiger charge is -2.09. The molecule has 0 fully saturated rings. The minimum absolute atomic E-state index is 0.580. The van der Waals surface area contributed by atoms with E-state index in [4.69, 9.17) is 9.47 Å². The van der Waals surface area contributed by atoms with Gasteiger partial charge in [0.25, 0.3) is 0 Å². The Hall–Kier alpha value is -0.580. The van der Waals surface area contributed by atoms with Crippen molar-refractivity contribution in [3.63, 3.8) is 0 Å². The van der Waals surface area contributed by atoms with Crippen molar-refractivity contribution >= 4 is 15.9 Å². The number of nitrogens with one attached hydrogen (secondary N) is 1. The molecule has 0 aliphatic rings. The van der Waals surface area contributed by atoms with Crippen LogP contribution in [-0.2, 0) is 11.3 Å². The molecule has 1 aromatic rings. The molecule has 0 amide bonds. The first kappa shape index (κ1) is 12.5. The van der Waals surface area contributed by atoms with Crippen molar-refractivity contribution in [2.45, 2.75) is 6.54 Å². The second kappa shape index (κ2) is 6.82. The zero-order chi connectivity index (χ0) is 11.1. The van der Waals surface area contributed by atoms with Gasteiger partial charge in [-0.3, -0.25) is 0 Å². The molecule has 0 aliphatic carbocycles. The quantitative estimate of drug-likeness (QED) is 0.807. The van der Waals surface area contributed by atoms with Crippen LogP contribution in [0.1, 0.15) is 5.56 Å². The molecule has 15 heavy (non-hydrogen) atoms. The number of benzene rings is 1. The maximum absolute atomic E-state index is 5.51. The van der Waals surface area contributed by atoms with Crippen molar-refractivity contribution in [2.24, 2.45) is 0 Å². The summed E-state index contributed by atoms with van der Waals surface area (Å²) in [5, 5.41) is 3.11. The molecule has 0 aliphatic heterocycles. The van der Waals surface area contributed by atoms with E-state index >= 15 is 0 Å². The van der Waals surface area contributed by atoms with Crippen molar-refractivity contribution in [1.82, 2.24) is 5.32 Å². The molecular formula is C11H16BrNO2. The van der Waals surface area contributed by atoms with E-state index in [9.17, 15) is 0 Å². The standard InChI is InChI=1S/C11H16BrNO2/c1-13-8-9-7-10(3-4-11(9)12)15-6-5-14-2/h3-4,7,13H,5-6,8H2,1-2H3. The second-order valence-electron chi connectivity index (χ2n) is 3.12. The van der Waals surface area contributed by atoms with Crippen molar-refractivity contribution < 1.29 is 9.47 Å². The predicted octanol–water partition coefficient (Wildman–Crippen LogP) is 2.19. The fraction of sp³-hybridized carbons (Fsp3) is 0.455. The molecular weight excluding hydrogens is 258 g/mol. The average Bonchev–Trinajstić information content (AvgIpc) is 2.23. The summed E-state index contributed by atoms with van der Waals surface area (Å²) in [4.78, 5) is 0. The van der Waals surface area contributed by atoms with Gasteiger partial charge in [-0.15, -0.1) is 0 Å². The summed E-state index contributed by atoms with van der Waals surface area (Å²) in [7, 11) is 3.59. The lowest BCUT2D eigenvalue weighted by Crippen LogP contribution is -2.07. The van der Waals surface area contributed by atoms with Crippen molar-refractivity contribution in [2.75, 3.05) is 27.4 Å². The molecule has 0 atom stereocenters. The topological polar surface area (TPSA) is 30.5 Å². The number of ether oxygens (including phenoxy) is 2. The molecule has 0 bridgehead atoms. The van der Waals surface area contributed by atoms with Crippen molar-refractivity contribution in [3.05, 3.63) is 28.2 Å². The number of halogens is 1. The Morgan fingerprint density at radius 3 is 2.80 bits per heavy atom. The number of rotatable bonds is 6. The molecule has 1 aromatic carbocycles. The maximum atomic E-state index is 5.51. The number of methoxy groups -OCH3 is 1. The van der Waals surface area contributed by atoms with Gasteiger partial charge in [-0.25, -0.2) is 0 Å². The second-order valence-corrected chi connectivity index (χ2v) is 3.98. The van der Waals surface area contributed by atoms with Crippen LogP contribution in [0.4, 0.5) is 0 Å². The van der Waals surface area contributed by atoms with Gasteiger partial charge < -0.3 is 14.8 Å². The summed E-state index contributed by atoms with van der Waals surface area (Å²) in [6.45, 7) is 2.01. The normalized spacial score (nSPS) is 10.3. The molecule has 4 heteroatoms.